The third-order valence-corrected chi connectivity index (χ3v) is 4.24. The molecular weight excluding hydrogens is 278 g/mol. The predicted molar refractivity (Wildman–Crippen MR) is 78.5 cm³/mol. The molecule has 1 saturated heterocycles. The molecule has 0 aromatic carbocycles. The summed E-state index contributed by atoms with van der Waals surface area (Å²) in [5.74, 6) is -0.325. The first-order valence-corrected chi connectivity index (χ1v) is 7.54. The Hall–Kier alpha value is -1.18. The molecule has 0 amide bonds. The van der Waals surface area contributed by atoms with Crippen LogP contribution < -0.4 is 5.32 Å². The van der Waals surface area contributed by atoms with E-state index >= 15 is 0 Å². The maximum Gasteiger partial charge on any atom is 0.350 e. The van der Waals surface area contributed by atoms with Crippen molar-refractivity contribution in [3.63, 3.8) is 0 Å². The van der Waals surface area contributed by atoms with Gasteiger partial charge in [0, 0.05) is 25.7 Å². The van der Waals surface area contributed by atoms with E-state index in [4.69, 9.17) is 9.47 Å². The normalized spacial score (nSPS) is 17.8. The largest absolute Gasteiger partial charge is 0.465 e. The molecule has 0 aliphatic carbocycles. The standard InChI is InChI=1S/C13H21N3O3S/c1-9(8-16-4-6-19-7-5-16)14-13-15-10(2)11(20-13)12(17)18-3/h9H,4-8H2,1-3H3,(H,14,15). The van der Waals surface area contributed by atoms with Crippen molar-refractivity contribution in [2.45, 2.75) is 19.9 Å². The van der Waals surface area contributed by atoms with Gasteiger partial charge < -0.3 is 14.8 Å². The number of rotatable bonds is 5. The van der Waals surface area contributed by atoms with Gasteiger partial charge in [0.2, 0.25) is 0 Å². The third-order valence-electron chi connectivity index (χ3n) is 3.17. The zero-order valence-corrected chi connectivity index (χ0v) is 13.0. The molecule has 1 aliphatic heterocycles. The summed E-state index contributed by atoms with van der Waals surface area (Å²) in [6.07, 6.45) is 0. The molecule has 1 aromatic heterocycles. The van der Waals surface area contributed by atoms with Crippen molar-refractivity contribution in [2.75, 3.05) is 45.3 Å². The average Bonchev–Trinajstić information content (AvgIpc) is 2.79. The number of esters is 1. The molecule has 0 radical (unpaired) electrons. The van der Waals surface area contributed by atoms with Crippen molar-refractivity contribution in [2.24, 2.45) is 0 Å². The number of nitrogens with one attached hydrogen (secondary N) is 1. The Bertz CT molecular complexity index is 458. The van der Waals surface area contributed by atoms with Gasteiger partial charge in [-0.3, -0.25) is 4.90 Å². The number of hydrogen-bond donors (Lipinski definition) is 1. The quantitative estimate of drug-likeness (QED) is 0.829. The van der Waals surface area contributed by atoms with Gasteiger partial charge in [0.25, 0.3) is 0 Å². The summed E-state index contributed by atoms with van der Waals surface area (Å²) in [7, 11) is 1.38. The number of carbonyl (C=O) groups excluding carboxylic acids is 1. The summed E-state index contributed by atoms with van der Waals surface area (Å²) in [5, 5.41) is 4.11. The van der Waals surface area contributed by atoms with Gasteiger partial charge in [-0.2, -0.15) is 0 Å². The van der Waals surface area contributed by atoms with Crippen LogP contribution in [0.3, 0.4) is 0 Å². The number of ether oxygens (including phenoxy) is 2. The van der Waals surface area contributed by atoms with E-state index in [0.717, 1.165) is 38.0 Å². The van der Waals surface area contributed by atoms with Crippen LogP contribution in [0.1, 0.15) is 22.3 Å². The number of carbonyl (C=O) groups is 1. The highest BCUT2D eigenvalue weighted by atomic mass is 32.1. The fourth-order valence-corrected chi connectivity index (χ4v) is 3.16. The summed E-state index contributed by atoms with van der Waals surface area (Å²) < 4.78 is 10.1. The van der Waals surface area contributed by atoms with E-state index < -0.39 is 0 Å². The van der Waals surface area contributed by atoms with E-state index in [1.165, 1.54) is 18.4 Å². The first kappa shape index (κ1) is 15.2. The molecule has 0 bridgehead atoms. The van der Waals surface area contributed by atoms with Gasteiger partial charge in [-0.05, 0) is 13.8 Å². The second-order valence-electron chi connectivity index (χ2n) is 4.88. The molecule has 1 aromatic rings. The van der Waals surface area contributed by atoms with Crippen LogP contribution in [0.15, 0.2) is 0 Å². The minimum absolute atomic E-state index is 0.268. The number of hydrogen-bond acceptors (Lipinski definition) is 7. The number of nitrogens with zero attached hydrogens (tertiary/aromatic N) is 2. The molecule has 0 spiro atoms. The van der Waals surface area contributed by atoms with Gasteiger partial charge in [0.1, 0.15) is 4.88 Å². The average molecular weight is 299 g/mol. The van der Waals surface area contributed by atoms with E-state index in [9.17, 15) is 4.79 Å². The topological polar surface area (TPSA) is 63.7 Å². The lowest BCUT2D eigenvalue weighted by Gasteiger charge is -2.29. The summed E-state index contributed by atoms with van der Waals surface area (Å²) >= 11 is 1.34. The Labute approximate surface area is 123 Å². The fourth-order valence-electron chi connectivity index (χ4n) is 2.17. The van der Waals surface area contributed by atoms with E-state index in [1.807, 2.05) is 6.92 Å². The molecule has 7 heteroatoms. The van der Waals surface area contributed by atoms with Gasteiger partial charge >= 0.3 is 5.97 Å². The first-order chi connectivity index (χ1) is 9.60. The molecule has 112 valence electrons. The smallest absolute Gasteiger partial charge is 0.350 e. The number of aromatic nitrogens is 1. The third kappa shape index (κ3) is 3.91. The van der Waals surface area contributed by atoms with Crippen LogP contribution in [-0.4, -0.2) is 61.9 Å². The molecule has 1 unspecified atom stereocenters. The molecule has 1 N–H and O–H groups in total. The summed E-state index contributed by atoms with van der Waals surface area (Å²) in [4.78, 5) is 18.9. The maximum atomic E-state index is 11.5. The number of aryl methyl sites for hydroxylation is 1. The predicted octanol–water partition coefficient (Wildman–Crippen LogP) is 1.37. The van der Waals surface area contributed by atoms with Crippen LogP contribution in [0, 0.1) is 6.92 Å². The second-order valence-corrected chi connectivity index (χ2v) is 5.88. The highest BCUT2D eigenvalue weighted by molar-refractivity contribution is 7.17. The molecule has 2 heterocycles. The lowest BCUT2D eigenvalue weighted by molar-refractivity contribution is 0.0368. The second kappa shape index (κ2) is 7.01. The van der Waals surface area contributed by atoms with Crippen LogP contribution in [0.2, 0.25) is 0 Å². The van der Waals surface area contributed by atoms with Crippen molar-refractivity contribution in [1.29, 1.82) is 0 Å². The Kier molecular flexibility index (Phi) is 5.33. The zero-order chi connectivity index (χ0) is 14.5. The monoisotopic (exact) mass is 299 g/mol. The Balaban J connectivity index is 1.90. The van der Waals surface area contributed by atoms with Crippen molar-refractivity contribution in [1.82, 2.24) is 9.88 Å². The number of methoxy groups -OCH3 is 1. The highest BCUT2D eigenvalue weighted by Crippen LogP contribution is 2.23. The van der Waals surface area contributed by atoms with Crippen LogP contribution in [0.4, 0.5) is 5.13 Å². The molecule has 20 heavy (non-hydrogen) atoms. The van der Waals surface area contributed by atoms with Gasteiger partial charge in [-0.25, -0.2) is 9.78 Å². The van der Waals surface area contributed by atoms with Gasteiger partial charge in [-0.1, -0.05) is 11.3 Å². The Morgan fingerprint density at radius 1 is 1.55 bits per heavy atom. The van der Waals surface area contributed by atoms with Crippen LogP contribution >= 0.6 is 11.3 Å². The molecule has 0 saturated carbocycles. The lowest BCUT2D eigenvalue weighted by Crippen LogP contribution is -2.42. The molecule has 1 aliphatic rings. The minimum atomic E-state index is -0.325. The maximum absolute atomic E-state index is 11.5. The lowest BCUT2D eigenvalue weighted by atomic mass is 10.3. The molecule has 1 fully saturated rings. The van der Waals surface area contributed by atoms with Crippen molar-refractivity contribution in [3.8, 4) is 0 Å². The van der Waals surface area contributed by atoms with Crippen molar-refractivity contribution < 1.29 is 14.3 Å². The summed E-state index contributed by atoms with van der Waals surface area (Å²) in [6.45, 7) is 8.41. The SMILES string of the molecule is COC(=O)c1sc(NC(C)CN2CCOCC2)nc1C. The van der Waals surface area contributed by atoms with E-state index in [1.54, 1.807) is 0 Å². The van der Waals surface area contributed by atoms with Crippen LogP contribution in [0.25, 0.3) is 0 Å². The van der Waals surface area contributed by atoms with Crippen molar-refractivity contribution >= 4 is 22.4 Å². The van der Waals surface area contributed by atoms with E-state index in [-0.39, 0.29) is 12.0 Å². The number of anilines is 1. The molecule has 1 atom stereocenters. The van der Waals surface area contributed by atoms with Crippen LogP contribution in [-0.2, 0) is 9.47 Å². The van der Waals surface area contributed by atoms with E-state index in [0.29, 0.717) is 10.6 Å². The molecule has 6 nitrogen and oxygen atoms in total. The summed E-state index contributed by atoms with van der Waals surface area (Å²) in [5.41, 5.74) is 0.711. The minimum Gasteiger partial charge on any atom is -0.465 e. The Morgan fingerprint density at radius 3 is 2.90 bits per heavy atom. The summed E-state index contributed by atoms with van der Waals surface area (Å²) in [6, 6.07) is 0.268. The fraction of sp³-hybridized carbons (Fsp3) is 0.692. The highest BCUT2D eigenvalue weighted by Gasteiger charge is 2.18. The Morgan fingerprint density at radius 2 is 2.25 bits per heavy atom. The number of thiazole rings is 1. The molecule has 2 rings (SSSR count). The first-order valence-electron chi connectivity index (χ1n) is 6.72. The van der Waals surface area contributed by atoms with E-state index in [2.05, 4.69) is 22.1 Å². The zero-order valence-electron chi connectivity index (χ0n) is 12.1. The van der Waals surface area contributed by atoms with Crippen molar-refractivity contribution in [3.05, 3.63) is 10.6 Å². The van der Waals surface area contributed by atoms with Crippen LogP contribution in [0.5, 0.6) is 0 Å². The van der Waals surface area contributed by atoms with Gasteiger partial charge in [0.05, 0.1) is 26.0 Å². The van der Waals surface area contributed by atoms with Gasteiger partial charge in [-0.15, -0.1) is 0 Å². The number of morpholine rings is 1. The molecular formula is C13H21N3O3S. The van der Waals surface area contributed by atoms with Gasteiger partial charge in [0.15, 0.2) is 5.13 Å².